The maximum Gasteiger partial charge on any atom is 0.150 e. The Hall–Kier alpha value is -1.85. The molecule has 0 bridgehead atoms. The van der Waals surface area contributed by atoms with Gasteiger partial charge in [0.25, 0.3) is 0 Å². The minimum Gasteiger partial charge on any atom is -0.390 e. The fraction of sp³-hybridized carbons (Fsp3) is 0.936. The first-order chi connectivity index (χ1) is 63.4. The molecule has 0 aromatic heterocycles. The summed E-state index contributed by atoms with van der Waals surface area (Å²) >= 11 is 0. The van der Waals surface area contributed by atoms with Gasteiger partial charge in [0.15, 0.2) is 0 Å². The van der Waals surface area contributed by atoms with E-state index in [0.29, 0.717) is 141 Å². The molecule has 36 atom stereocenters. The summed E-state index contributed by atoms with van der Waals surface area (Å²) in [7, 11) is -3.05. The van der Waals surface area contributed by atoms with E-state index in [9.17, 15) is 56.6 Å². The number of likely N-dealkylation sites (tertiary alicyclic amines) is 1. The van der Waals surface area contributed by atoms with Crippen LogP contribution in [0.4, 0.5) is 4.39 Å². The van der Waals surface area contributed by atoms with Gasteiger partial charge in [-0.15, -0.1) is 0 Å². The molecule has 24 heteroatoms. The van der Waals surface area contributed by atoms with Crippen LogP contribution < -0.4 is 0 Å². The Labute approximate surface area is 811 Å². The van der Waals surface area contributed by atoms with E-state index in [4.69, 9.17) is 9.47 Å². The molecule has 4 saturated heterocycles. The standard InChI is InChI=1S/2C28H48N2O4S.C27H45FN2O3S.C27H45NO2/c2*1-27-11-9-22-21-10-12-28(32,19-34-2)17-20(21)5-6-23(22)24(27)7-8-25(27)26(31)18-29-13-15-30(16-14-29)35(3,4)33;1-26-10-8-21-20-9-11-27(32,18-28)16-19(20)4-5-22(21)23(26)6-7-24(26)25(31)17-29-12-14-30(15-13-29)34(2,3)33;1-18-6-4-5-15-28(18)17-25(29)24-10-9-23-22-8-7-19-16-26(2,30)13-11-20(19)21(22)12-14-27(23,24)3/h2*20-25,32H,3,5-19H2,1-2,4H3;19-24,32H,2,4-18H2,1,3H3;18-24,30H,4-17H2,1-3H3/t2*20-,21-,22+,23+,24-,25+,27-,28+,35?;19-,20-,21+,22+,23-,24+,26-,27+,34?;18-,19-,20+,21-,22-,23+,24-,26-,27+/m0001/s1. The molecule has 16 aliphatic carbocycles. The molecule has 0 amide bonds. The van der Waals surface area contributed by atoms with E-state index in [-0.39, 0.29) is 39.4 Å². The number of Topliss-reactive ketones (excluding diaryl/α,β-unsaturated/α-hetero) is 4. The Kier molecular flexibility index (Phi) is 31.6. The van der Waals surface area contributed by atoms with Crippen molar-refractivity contribution in [3.8, 4) is 0 Å². The van der Waals surface area contributed by atoms with E-state index in [0.717, 1.165) is 246 Å². The molecule has 4 aliphatic heterocycles. The topological polar surface area (TPSA) is 242 Å². The van der Waals surface area contributed by atoms with Crippen LogP contribution >= 0.6 is 0 Å². The second kappa shape index (κ2) is 40.9. The number of alkyl halides is 1. The van der Waals surface area contributed by atoms with Gasteiger partial charge in [0.05, 0.1) is 61.8 Å². The van der Waals surface area contributed by atoms with Crippen LogP contribution in [0.1, 0.15) is 292 Å². The molecule has 0 radical (unpaired) electrons. The predicted molar refractivity (Wildman–Crippen MR) is 540 cm³/mol. The number of hydrogen-bond acceptors (Lipinski definition) is 17. The smallest absolute Gasteiger partial charge is 0.150 e. The maximum absolute atomic E-state index is 13.6. The van der Waals surface area contributed by atoms with E-state index >= 15 is 0 Å². The van der Waals surface area contributed by atoms with E-state index in [2.05, 4.69) is 78.8 Å². The number of aliphatic hydroxyl groups is 4. The first kappa shape index (κ1) is 104. The second-order valence-electron chi connectivity index (χ2n) is 51.8. The van der Waals surface area contributed by atoms with Crippen LogP contribution in [0.3, 0.4) is 0 Å². The summed E-state index contributed by atoms with van der Waals surface area (Å²) in [5.41, 5.74) is -2.06. The van der Waals surface area contributed by atoms with Crippen molar-refractivity contribution in [1.29, 1.82) is 0 Å². The maximum atomic E-state index is 13.6. The number of carbonyl (C=O) groups excluding carboxylic acids is 4. The first-order valence-corrected chi connectivity index (χ1v) is 61.4. The minimum absolute atomic E-state index is 0.117. The number of carbonyl (C=O) groups is 4. The SMILES string of the molecule is C=S(C)(=O)N1CCN(CC(=O)[C@H]2CC[C@H]3[C@@H]4CC[C@H]5C[C@@](O)(CF)CC[C@@H]5[C@H]4CC[C@]23C)CC1.C=S(C)(=O)N1CCN(CC(=O)[C@H]2CC[C@H]3[C@@H]4CC[C@H]5C[C@@](O)(COC)CC[C@@H]5[C@H]4CC[C@]23C)CC1.C=S(C)(=O)N1CCN(CC(=O)[C@H]2CC[C@H]3[C@@H]4CC[C@H]5C[C@@](O)(COC)CC[C@@H]5[C@H]4CC[C@]23C)CC1.C[C@@H]1CCCCN1CC(=O)[C@H]1CC[C@H]2[C@@H]3CC[C@@H]4C[C@](C)(O)CC[C@@H]4[C@H]3CC[C@]12C. The number of rotatable bonds is 20. The molecule has 4 N–H and O–H groups in total. The van der Waals surface area contributed by atoms with E-state index in [1.807, 2.05) is 12.9 Å². The van der Waals surface area contributed by atoms with Crippen LogP contribution in [0.5, 0.6) is 0 Å². The summed E-state index contributed by atoms with van der Waals surface area (Å²) < 4.78 is 66.8. The van der Waals surface area contributed by atoms with Crippen LogP contribution in [0.15, 0.2) is 0 Å². The average molecular weight is 1930 g/mol. The van der Waals surface area contributed by atoms with Crippen molar-refractivity contribution < 1.29 is 66.1 Å². The van der Waals surface area contributed by atoms with Crippen LogP contribution in [0.25, 0.3) is 0 Å². The average Bonchev–Trinajstić information content (AvgIpc) is 1.60. The number of ether oxygens (including phenoxy) is 2. The van der Waals surface area contributed by atoms with Gasteiger partial charge in [-0.25, -0.2) is 17.3 Å². The number of halogens is 1. The molecule has 20 aliphatic rings. The number of nitrogens with zero attached hydrogens (tertiary/aromatic N) is 7. The van der Waals surface area contributed by atoms with Crippen molar-refractivity contribution in [2.75, 3.05) is 164 Å². The predicted octanol–water partition coefficient (Wildman–Crippen LogP) is 15.0. The Balaban J connectivity index is 0.000000125. The Morgan fingerprint density at radius 2 is 0.604 bits per heavy atom. The van der Waals surface area contributed by atoms with Crippen molar-refractivity contribution in [1.82, 2.24) is 32.5 Å². The molecule has 16 saturated carbocycles. The van der Waals surface area contributed by atoms with Gasteiger partial charge in [-0.3, -0.25) is 51.4 Å². The monoisotopic (exact) mass is 1930 g/mol. The first-order valence-electron chi connectivity index (χ1n) is 55.1. The van der Waals surface area contributed by atoms with Crippen LogP contribution in [0, 0.1) is 164 Å². The van der Waals surface area contributed by atoms with Gasteiger partial charge in [-0.05, 0) is 422 Å². The fourth-order valence-electron chi connectivity index (χ4n) is 37.5. The highest BCUT2D eigenvalue weighted by Crippen LogP contribution is 2.70. The quantitative estimate of drug-likeness (QED) is 0.0828. The lowest BCUT2D eigenvalue weighted by Gasteiger charge is -2.57. The molecule has 0 spiro atoms. The van der Waals surface area contributed by atoms with Gasteiger partial charge in [0, 0.05) is 170 Å². The lowest BCUT2D eigenvalue weighted by atomic mass is 9.49. The summed E-state index contributed by atoms with van der Waals surface area (Å²) in [5.74, 6) is 28.7. The highest BCUT2D eigenvalue weighted by atomic mass is 32.2. The molecule has 0 aromatic rings. The molecule has 134 heavy (non-hydrogen) atoms. The normalized spacial score (nSPS) is 47.7. The Morgan fingerprint density at radius 3 is 0.896 bits per heavy atom. The number of piperidine rings is 1. The number of hydrogen-bond donors (Lipinski definition) is 4. The summed E-state index contributed by atoms with van der Waals surface area (Å²) in [6.07, 6.45) is 49.4. The van der Waals surface area contributed by atoms with Crippen LogP contribution in [-0.4, -0.2) is 299 Å². The molecular formula is C110H186FN7O13S3. The second-order valence-corrected chi connectivity index (χ2v) is 59.1. The van der Waals surface area contributed by atoms with E-state index in [1.165, 1.54) is 141 Å². The molecule has 4 heterocycles. The molecule has 20 fully saturated rings. The van der Waals surface area contributed by atoms with Gasteiger partial charge in [-0.1, -0.05) is 34.1 Å². The molecule has 20 rings (SSSR count). The van der Waals surface area contributed by atoms with Crippen molar-refractivity contribution in [3.63, 3.8) is 0 Å². The van der Waals surface area contributed by atoms with Crippen molar-refractivity contribution >= 4 is 69.9 Å². The van der Waals surface area contributed by atoms with Crippen molar-refractivity contribution in [2.24, 2.45) is 164 Å². The Morgan fingerprint density at radius 1 is 0.328 bits per heavy atom. The summed E-state index contributed by atoms with van der Waals surface area (Å²) in [4.78, 5) is 63.6. The summed E-state index contributed by atoms with van der Waals surface area (Å²) in [6.45, 7) is 27.2. The van der Waals surface area contributed by atoms with Gasteiger partial charge in [0.2, 0.25) is 0 Å². The zero-order chi connectivity index (χ0) is 95.4. The van der Waals surface area contributed by atoms with Gasteiger partial charge in [-0.2, -0.15) is 0 Å². The van der Waals surface area contributed by atoms with Crippen molar-refractivity contribution in [3.05, 3.63) is 0 Å². The number of piperazine rings is 3. The minimum atomic E-state index is -2.16. The van der Waals surface area contributed by atoms with Crippen LogP contribution in [0.2, 0.25) is 0 Å². The molecular weight excluding hydrogens is 1740 g/mol. The van der Waals surface area contributed by atoms with E-state index in [1.54, 1.807) is 33.0 Å². The van der Waals surface area contributed by atoms with Gasteiger partial charge < -0.3 is 29.9 Å². The zero-order valence-corrected chi connectivity index (χ0v) is 87.9. The molecule has 0 aromatic carbocycles. The van der Waals surface area contributed by atoms with Gasteiger partial charge in [0.1, 0.15) is 29.8 Å². The number of ketones is 4. The highest BCUT2D eigenvalue weighted by Gasteiger charge is 2.65. The third kappa shape index (κ3) is 21.2. The summed E-state index contributed by atoms with van der Waals surface area (Å²) in [5, 5.41) is 43.2. The molecule has 3 unspecified atom stereocenters. The largest absolute Gasteiger partial charge is 0.390 e. The number of fused-ring (bicyclic) bond motifs is 20. The van der Waals surface area contributed by atoms with Crippen LogP contribution in [-0.2, 0) is 57.8 Å². The third-order valence-corrected chi connectivity index (χ3v) is 48.6. The lowest BCUT2D eigenvalue weighted by Crippen LogP contribution is -2.53. The molecule has 764 valence electrons. The fourth-order valence-corrected chi connectivity index (χ4v) is 40.3. The Bertz CT molecular complexity index is 4300. The van der Waals surface area contributed by atoms with Gasteiger partial charge >= 0.3 is 0 Å². The summed E-state index contributed by atoms with van der Waals surface area (Å²) in [6, 6.07) is 0.585. The zero-order valence-electron chi connectivity index (χ0n) is 85.5. The third-order valence-electron chi connectivity index (χ3n) is 44.2. The van der Waals surface area contributed by atoms with E-state index < -0.39 is 58.2 Å². The highest BCUT2D eigenvalue weighted by molar-refractivity contribution is 7.98. The van der Waals surface area contributed by atoms with Crippen molar-refractivity contribution in [2.45, 2.75) is 320 Å². The number of methoxy groups -OCH3 is 2. The lowest BCUT2D eigenvalue weighted by molar-refractivity contribution is -0.137. The molecule has 20 nitrogen and oxygen atoms in total.